The van der Waals surface area contributed by atoms with Crippen molar-refractivity contribution in [3.8, 4) is 28.1 Å². The lowest BCUT2D eigenvalue weighted by atomic mass is 9.98. The number of nitrogens with zero attached hydrogens (tertiary/aromatic N) is 2. The number of rotatable bonds is 6. The quantitative estimate of drug-likeness (QED) is 0.239. The number of aromatic nitrogens is 1. The third-order valence-corrected chi connectivity index (χ3v) is 6.53. The average molecular weight is 529 g/mol. The summed E-state index contributed by atoms with van der Waals surface area (Å²) in [4.78, 5) is 4.69. The second-order valence-electron chi connectivity index (χ2n) is 7.41. The predicted octanol–water partition coefficient (Wildman–Crippen LogP) is 4.99. The van der Waals surface area contributed by atoms with Crippen LogP contribution in [0.4, 0.5) is 0 Å². The molecule has 1 heterocycles. The SMILES string of the molecule is Cl.N/C(=N\S(=O)(=O)c1ccccc1)NCc1cnc(-c2ccc(Cl)cc2)c(-c2ccc(O)cc2)c1. The Morgan fingerprint density at radius 3 is 2.26 bits per heavy atom. The molecule has 10 heteroatoms. The van der Waals surface area contributed by atoms with Gasteiger partial charge in [-0.2, -0.15) is 8.42 Å². The van der Waals surface area contributed by atoms with Gasteiger partial charge in [0.05, 0.1) is 10.6 Å². The van der Waals surface area contributed by atoms with Gasteiger partial charge in [-0.3, -0.25) is 4.98 Å². The number of sulfonamides is 1. The molecule has 3 aromatic carbocycles. The zero-order valence-corrected chi connectivity index (χ0v) is 20.7. The van der Waals surface area contributed by atoms with Crippen molar-refractivity contribution in [1.29, 1.82) is 0 Å². The van der Waals surface area contributed by atoms with Gasteiger partial charge in [0.1, 0.15) is 5.75 Å². The maximum atomic E-state index is 12.4. The number of pyridine rings is 1. The lowest BCUT2D eigenvalue weighted by Gasteiger charge is -2.13. The van der Waals surface area contributed by atoms with Crippen molar-refractivity contribution in [2.24, 2.45) is 10.1 Å². The minimum atomic E-state index is -3.92. The summed E-state index contributed by atoms with van der Waals surface area (Å²) in [6.07, 6.45) is 1.68. The maximum absolute atomic E-state index is 12.4. The number of hydrogen-bond donors (Lipinski definition) is 3. The monoisotopic (exact) mass is 528 g/mol. The molecule has 4 aromatic rings. The summed E-state index contributed by atoms with van der Waals surface area (Å²) in [5.74, 6) is -0.0667. The Kier molecular flexibility index (Phi) is 8.34. The van der Waals surface area contributed by atoms with Crippen molar-refractivity contribution in [2.45, 2.75) is 11.4 Å². The predicted molar refractivity (Wildman–Crippen MR) is 141 cm³/mol. The highest BCUT2D eigenvalue weighted by molar-refractivity contribution is 7.90. The van der Waals surface area contributed by atoms with E-state index in [0.29, 0.717) is 5.02 Å². The van der Waals surface area contributed by atoms with E-state index in [2.05, 4.69) is 14.7 Å². The van der Waals surface area contributed by atoms with Gasteiger partial charge in [0.2, 0.25) is 5.96 Å². The lowest BCUT2D eigenvalue weighted by molar-refractivity contribution is 0.475. The molecule has 0 bridgehead atoms. The summed E-state index contributed by atoms with van der Waals surface area (Å²) in [7, 11) is -3.92. The summed E-state index contributed by atoms with van der Waals surface area (Å²) in [6, 6.07) is 23.9. The molecule has 0 radical (unpaired) electrons. The third-order valence-electron chi connectivity index (χ3n) is 4.97. The molecule has 0 aliphatic rings. The lowest BCUT2D eigenvalue weighted by Crippen LogP contribution is -2.32. The molecule has 0 unspecified atom stereocenters. The van der Waals surface area contributed by atoms with Crippen LogP contribution in [0.2, 0.25) is 5.02 Å². The molecular weight excluding hydrogens is 507 g/mol. The molecule has 0 fully saturated rings. The summed E-state index contributed by atoms with van der Waals surface area (Å²) in [6.45, 7) is 0.207. The van der Waals surface area contributed by atoms with Crippen molar-refractivity contribution in [1.82, 2.24) is 10.3 Å². The van der Waals surface area contributed by atoms with Crippen LogP contribution in [0.1, 0.15) is 5.56 Å². The van der Waals surface area contributed by atoms with Crippen molar-refractivity contribution in [3.05, 3.63) is 102 Å². The number of aromatic hydroxyl groups is 1. The normalized spacial score (nSPS) is 11.5. The second-order valence-corrected chi connectivity index (χ2v) is 9.45. The van der Waals surface area contributed by atoms with E-state index in [-0.39, 0.29) is 35.6 Å². The van der Waals surface area contributed by atoms with Crippen LogP contribution in [-0.4, -0.2) is 24.5 Å². The first-order chi connectivity index (χ1) is 16.3. The number of phenolic OH excluding ortho intramolecular Hbond substituents is 1. The van der Waals surface area contributed by atoms with E-state index >= 15 is 0 Å². The van der Waals surface area contributed by atoms with E-state index in [1.54, 1.807) is 60.8 Å². The van der Waals surface area contributed by atoms with Gasteiger partial charge < -0.3 is 16.2 Å². The molecule has 0 aliphatic heterocycles. The van der Waals surface area contributed by atoms with Gasteiger partial charge in [0.15, 0.2) is 0 Å². The molecular formula is C25H22Cl2N4O3S. The Bertz CT molecular complexity index is 1430. The molecule has 0 atom stereocenters. The van der Waals surface area contributed by atoms with Gasteiger partial charge >= 0.3 is 0 Å². The average Bonchev–Trinajstić information content (AvgIpc) is 2.84. The first-order valence-electron chi connectivity index (χ1n) is 10.3. The fourth-order valence-electron chi connectivity index (χ4n) is 3.30. The molecule has 0 saturated carbocycles. The van der Waals surface area contributed by atoms with Crippen LogP contribution in [0.15, 0.2) is 100 Å². The standard InChI is InChI=1S/C25H21ClN4O3S.ClH/c26-20-10-6-19(7-11-20)24-23(18-8-12-21(31)13-9-18)14-17(15-28-24)16-29-25(27)30-34(32,33)22-4-2-1-3-5-22;/h1-15,31H,16H2,(H3,27,29,30);1H. The first-order valence-corrected chi connectivity index (χ1v) is 12.1. The Morgan fingerprint density at radius 2 is 1.60 bits per heavy atom. The Hall–Kier alpha value is -3.59. The van der Waals surface area contributed by atoms with E-state index < -0.39 is 10.0 Å². The molecule has 4 rings (SSSR count). The van der Waals surface area contributed by atoms with Crippen LogP contribution in [-0.2, 0) is 16.6 Å². The van der Waals surface area contributed by atoms with Gasteiger partial charge in [0.25, 0.3) is 10.0 Å². The fourth-order valence-corrected chi connectivity index (χ4v) is 4.36. The van der Waals surface area contributed by atoms with E-state index in [1.807, 2.05) is 18.2 Å². The Balaban J connectivity index is 0.00000342. The van der Waals surface area contributed by atoms with Gasteiger partial charge in [-0.25, -0.2) is 0 Å². The molecule has 0 saturated heterocycles. The van der Waals surface area contributed by atoms with Gasteiger partial charge in [-0.1, -0.05) is 54.1 Å². The number of halogens is 2. The second kappa shape index (κ2) is 11.2. The van der Waals surface area contributed by atoms with Gasteiger partial charge in [-0.15, -0.1) is 16.8 Å². The van der Waals surface area contributed by atoms with Crippen molar-refractivity contribution < 1.29 is 13.5 Å². The van der Waals surface area contributed by atoms with E-state index in [0.717, 1.165) is 27.9 Å². The number of benzene rings is 3. The van der Waals surface area contributed by atoms with Gasteiger partial charge in [-0.05, 0) is 53.6 Å². The molecule has 0 aliphatic carbocycles. The Labute approximate surface area is 214 Å². The minimum Gasteiger partial charge on any atom is -0.508 e. The van der Waals surface area contributed by atoms with E-state index in [4.69, 9.17) is 17.3 Å². The number of hydrogen-bond acceptors (Lipinski definition) is 4. The van der Waals surface area contributed by atoms with E-state index in [9.17, 15) is 13.5 Å². The van der Waals surface area contributed by atoms with Crippen LogP contribution in [0, 0.1) is 0 Å². The zero-order chi connectivity index (χ0) is 24.1. The topological polar surface area (TPSA) is 118 Å². The number of nitrogens with one attached hydrogen (secondary N) is 1. The highest BCUT2D eigenvalue weighted by atomic mass is 35.5. The van der Waals surface area contributed by atoms with Crippen LogP contribution in [0.3, 0.4) is 0 Å². The summed E-state index contributed by atoms with van der Waals surface area (Å²) in [5, 5.41) is 13.1. The largest absolute Gasteiger partial charge is 0.508 e. The Morgan fingerprint density at radius 1 is 0.971 bits per heavy atom. The summed E-state index contributed by atoms with van der Waals surface area (Å²) < 4.78 is 28.4. The zero-order valence-electron chi connectivity index (χ0n) is 18.3. The minimum absolute atomic E-state index is 0. The summed E-state index contributed by atoms with van der Waals surface area (Å²) in [5.41, 5.74) is 9.90. The number of phenols is 1. The highest BCUT2D eigenvalue weighted by Gasteiger charge is 2.14. The molecule has 35 heavy (non-hydrogen) atoms. The van der Waals surface area contributed by atoms with E-state index in [1.165, 1.54) is 12.1 Å². The number of guanidine groups is 1. The molecule has 7 nitrogen and oxygen atoms in total. The molecule has 0 amide bonds. The van der Waals surface area contributed by atoms with Crippen LogP contribution >= 0.6 is 24.0 Å². The van der Waals surface area contributed by atoms with Crippen LogP contribution in [0.25, 0.3) is 22.4 Å². The van der Waals surface area contributed by atoms with Crippen LogP contribution < -0.4 is 11.1 Å². The maximum Gasteiger partial charge on any atom is 0.285 e. The van der Waals surface area contributed by atoms with Crippen molar-refractivity contribution in [3.63, 3.8) is 0 Å². The summed E-state index contributed by atoms with van der Waals surface area (Å²) >= 11 is 6.03. The van der Waals surface area contributed by atoms with Crippen LogP contribution in [0.5, 0.6) is 5.75 Å². The molecule has 0 spiro atoms. The van der Waals surface area contributed by atoms with Gasteiger partial charge in [0, 0.05) is 28.9 Å². The van der Waals surface area contributed by atoms with Crippen molar-refractivity contribution in [2.75, 3.05) is 0 Å². The molecule has 1 aromatic heterocycles. The third kappa shape index (κ3) is 6.51. The number of nitrogens with two attached hydrogens (primary N) is 1. The molecule has 180 valence electrons. The highest BCUT2D eigenvalue weighted by Crippen LogP contribution is 2.32. The molecule has 4 N–H and O–H groups in total. The fraction of sp³-hybridized carbons (Fsp3) is 0.0400. The van der Waals surface area contributed by atoms with Crippen molar-refractivity contribution >= 4 is 40.0 Å². The first kappa shape index (κ1) is 26.0. The smallest absolute Gasteiger partial charge is 0.285 e.